The van der Waals surface area contributed by atoms with E-state index in [1.807, 2.05) is 4.90 Å². The summed E-state index contributed by atoms with van der Waals surface area (Å²) in [4.78, 5) is 20.5. The molecule has 0 bridgehead atoms. The molecule has 2 aliphatic rings. The number of fused-ring (bicyclic) bond motifs is 1. The Morgan fingerprint density at radius 1 is 1.40 bits per heavy atom. The van der Waals surface area contributed by atoms with Gasteiger partial charge in [-0.25, -0.2) is 9.97 Å². The summed E-state index contributed by atoms with van der Waals surface area (Å²) in [6, 6.07) is 0.141. The summed E-state index contributed by atoms with van der Waals surface area (Å²) in [6.45, 7) is 1.15. The smallest absolute Gasteiger partial charge is 0.348 e. The molecule has 0 N–H and O–H groups in total. The van der Waals surface area contributed by atoms with E-state index in [4.69, 9.17) is 16.3 Å². The van der Waals surface area contributed by atoms with E-state index in [0.29, 0.717) is 19.0 Å². The number of anilines is 1. The standard InChI is InChI=1S/C12H15ClN4O3/c13-11-10(17(18)19)12(15-7-14-11)16-5-6-20-9-4-2-1-3-8(9)16/h7-9H,1-6H2. The molecular weight excluding hydrogens is 284 g/mol. The highest BCUT2D eigenvalue weighted by atomic mass is 35.5. The third-order valence-electron chi connectivity index (χ3n) is 3.95. The molecule has 2 atom stereocenters. The highest BCUT2D eigenvalue weighted by Gasteiger charge is 2.38. The molecule has 3 rings (SSSR count). The van der Waals surface area contributed by atoms with Gasteiger partial charge in [0.2, 0.25) is 11.0 Å². The molecular formula is C12H15ClN4O3. The van der Waals surface area contributed by atoms with Gasteiger partial charge in [-0.2, -0.15) is 0 Å². The summed E-state index contributed by atoms with van der Waals surface area (Å²) >= 11 is 5.87. The minimum absolute atomic E-state index is 0.112. The zero-order chi connectivity index (χ0) is 14.1. The Morgan fingerprint density at radius 2 is 2.20 bits per heavy atom. The van der Waals surface area contributed by atoms with Crippen molar-refractivity contribution in [1.29, 1.82) is 0 Å². The van der Waals surface area contributed by atoms with Crippen molar-refractivity contribution in [1.82, 2.24) is 9.97 Å². The van der Waals surface area contributed by atoms with E-state index in [-0.39, 0.29) is 23.0 Å². The van der Waals surface area contributed by atoms with Gasteiger partial charge in [0.05, 0.1) is 23.7 Å². The largest absolute Gasteiger partial charge is 0.374 e. The number of aromatic nitrogens is 2. The quantitative estimate of drug-likeness (QED) is 0.473. The Hall–Kier alpha value is -1.47. The minimum Gasteiger partial charge on any atom is -0.374 e. The van der Waals surface area contributed by atoms with Gasteiger partial charge in [-0.15, -0.1) is 0 Å². The molecule has 1 aliphatic carbocycles. The summed E-state index contributed by atoms with van der Waals surface area (Å²) < 4.78 is 5.78. The monoisotopic (exact) mass is 298 g/mol. The van der Waals surface area contributed by atoms with Crippen molar-refractivity contribution < 1.29 is 9.66 Å². The zero-order valence-electron chi connectivity index (χ0n) is 10.9. The molecule has 7 nitrogen and oxygen atoms in total. The summed E-state index contributed by atoms with van der Waals surface area (Å²) in [5.74, 6) is 0.315. The number of nitrogens with zero attached hydrogens (tertiary/aromatic N) is 4. The number of hydrogen-bond donors (Lipinski definition) is 0. The Balaban J connectivity index is 1.99. The van der Waals surface area contributed by atoms with Crippen molar-refractivity contribution in [3.05, 3.63) is 21.6 Å². The van der Waals surface area contributed by atoms with E-state index in [1.165, 1.54) is 6.33 Å². The van der Waals surface area contributed by atoms with Gasteiger partial charge < -0.3 is 9.64 Å². The lowest BCUT2D eigenvalue weighted by Crippen LogP contribution is -2.53. The molecule has 108 valence electrons. The van der Waals surface area contributed by atoms with Gasteiger partial charge in [-0.3, -0.25) is 10.1 Å². The summed E-state index contributed by atoms with van der Waals surface area (Å²) in [6.07, 6.45) is 5.61. The summed E-state index contributed by atoms with van der Waals surface area (Å²) in [5.41, 5.74) is -0.208. The average Bonchev–Trinajstić information content (AvgIpc) is 2.46. The molecule has 1 saturated heterocycles. The molecule has 2 heterocycles. The predicted molar refractivity (Wildman–Crippen MR) is 73.0 cm³/mol. The number of halogens is 1. The fourth-order valence-electron chi connectivity index (χ4n) is 3.08. The number of morpholine rings is 1. The van der Waals surface area contributed by atoms with E-state index in [1.54, 1.807) is 0 Å². The van der Waals surface area contributed by atoms with Gasteiger partial charge in [0.15, 0.2) is 0 Å². The van der Waals surface area contributed by atoms with Gasteiger partial charge in [-0.05, 0) is 12.8 Å². The van der Waals surface area contributed by atoms with Crippen LogP contribution >= 0.6 is 11.6 Å². The summed E-state index contributed by atoms with van der Waals surface area (Å²) in [7, 11) is 0. The van der Waals surface area contributed by atoms with Gasteiger partial charge in [0.1, 0.15) is 6.33 Å². The predicted octanol–water partition coefficient (Wildman–Crippen LogP) is 2.19. The third-order valence-corrected chi connectivity index (χ3v) is 4.22. The first kappa shape index (κ1) is 13.5. The molecule has 2 fully saturated rings. The maximum absolute atomic E-state index is 11.2. The Bertz CT molecular complexity index is 525. The van der Waals surface area contributed by atoms with Gasteiger partial charge in [0.25, 0.3) is 0 Å². The second-order valence-electron chi connectivity index (χ2n) is 5.05. The lowest BCUT2D eigenvalue weighted by Gasteiger charge is -2.44. The van der Waals surface area contributed by atoms with E-state index >= 15 is 0 Å². The van der Waals surface area contributed by atoms with Gasteiger partial charge >= 0.3 is 5.69 Å². The van der Waals surface area contributed by atoms with Crippen LogP contribution in [0, 0.1) is 10.1 Å². The first-order chi connectivity index (χ1) is 9.68. The second-order valence-corrected chi connectivity index (χ2v) is 5.41. The van der Waals surface area contributed by atoms with Crippen LogP contribution in [-0.2, 0) is 4.74 Å². The van der Waals surface area contributed by atoms with Gasteiger partial charge in [-0.1, -0.05) is 24.4 Å². The molecule has 1 aromatic rings. The van der Waals surface area contributed by atoms with Crippen molar-refractivity contribution in [2.24, 2.45) is 0 Å². The number of rotatable bonds is 2. The molecule has 1 aliphatic heterocycles. The molecule has 0 spiro atoms. The topological polar surface area (TPSA) is 81.4 Å². The van der Waals surface area contributed by atoms with E-state index in [2.05, 4.69) is 9.97 Å². The lowest BCUT2D eigenvalue weighted by molar-refractivity contribution is -0.384. The Morgan fingerprint density at radius 3 is 3.00 bits per heavy atom. The Labute approximate surface area is 121 Å². The van der Waals surface area contributed by atoms with Crippen LogP contribution in [0.2, 0.25) is 5.15 Å². The highest BCUT2D eigenvalue weighted by Crippen LogP contribution is 2.37. The van der Waals surface area contributed by atoms with Crippen LogP contribution in [-0.4, -0.2) is 40.2 Å². The third kappa shape index (κ3) is 2.31. The average molecular weight is 299 g/mol. The van der Waals surface area contributed by atoms with E-state index < -0.39 is 4.92 Å². The first-order valence-corrected chi connectivity index (χ1v) is 7.09. The number of ether oxygens (including phenoxy) is 1. The van der Waals surface area contributed by atoms with Crippen LogP contribution in [0.25, 0.3) is 0 Å². The van der Waals surface area contributed by atoms with Crippen molar-refractivity contribution in [2.75, 3.05) is 18.1 Å². The van der Waals surface area contributed by atoms with Crippen LogP contribution in [0.5, 0.6) is 0 Å². The van der Waals surface area contributed by atoms with Crippen LogP contribution in [0.15, 0.2) is 6.33 Å². The van der Waals surface area contributed by atoms with Crippen molar-refractivity contribution in [3.8, 4) is 0 Å². The minimum atomic E-state index is -0.509. The lowest BCUT2D eigenvalue weighted by atomic mass is 9.90. The molecule has 0 aromatic carbocycles. The summed E-state index contributed by atoms with van der Waals surface area (Å²) in [5, 5.41) is 11.1. The fourth-order valence-corrected chi connectivity index (χ4v) is 3.27. The maximum atomic E-state index is 11.2. The SMILES string of the molecule is O=[N+]([O-])c1c(Cl)ncnc1N1CCOC2CCCCC21. The molecule has 1 saturated carbocycles. The van der Waals surface area contributed by atoms with Crippen LogP contribution in [0.4, 0.5) is 11.5 Å². The molecule has 8 heteroatoms. The number of hydrogen-bond acceptors (Lipinski definition) is 6. The normalized spacial score (nSPS) is 26.1. The zero-order valence-corrected chi connectivity index (χ0v) is 11.6. The van der Waals surface area contributed by atoms with E-state index in [9.17, 15) is 10.1 Å². The number of nitro groups is 1. The van der Waals surface area contributed by atoms with Gasteiger partial charge in [0, 0.05) is 6.54 Å². The van der Waals surface area contributed by atoms with Crippen LogP contribution < -0.4 is 4.90 Å². The van der Waals surface area contributed by atoms with Crippen molar-refractivity contribution in [2.45, 2.75) is 37.8 Å². The maximum Gasteiger partial charge on any atom is 0.348 e. The molecule has 1 aromatic heterocycles. The van der Waals surface area contributed by atoms with Crippen LogP contribution in [0.3, 0.4) is 0 Å². The van der Waals surface area contributed by atoms with Crippen molar-refractivity contribution in [3.63, 3.8) is 0 Å². The van der Waals surface area contributed by atoms with Crippen LogP contribution in [0.1, 0.15) is 25.7 Å². The first-order valence-electron chi connectivity index (χ1n) is 6.71. The molecule has 0 amide bonds. The molecule has 0 radical (unpaired) electrons. The molecule has 2 unspecified atom stereocenters. The highest BCUT2D eigenvalue weighted by molar-refractivity contribution is 6.31. The fraction of sp³-hybridized carbons (Fsp3) is 0.667. The Kier molecular flexibility index (Phi) is 3.71. The molecule has 20 heavy (non-hydrogen) atoms. The van der Waals surface area contributed by atoms with Crippen molar-refractivity contribution >= 4 is 23.1 Å². The second kappa shape index (κ2) is 5.49. The van der Waals surface area contributed by atoms with E-state index in [0.717, 1.165) is 25.7 Å².